The van der Waals surface area contributed by atoms with Crippen molar-refractivity contribution in [2.24, 2.45) is 11.8 Å². The van der Waals surface area contributed by atoms with Crippen molar-refractivity contribution in [3.8, 4) is 0 Å². The van der Waals surface area contributed by atoms with Gasteiger partial charge in [-0.1, -0.05) is 32.0 Å². The molecule has 1 aromatic carbocycles. The third kappa shape index (κ3) is 5.56. The highest BCUT2D eigenvalue weighted by Gasteiger charge is 2.33. The van der Waals surface area contributed by atoms with Gasteiger partial charge < -0.3 is 14.9 Å². The molecule has 2 rings (SSSR count). The number of hydrogen-bond acceptors (Lipinski definition) is 3. The maximum Gasteiger partial charge on any atom is 0.303 e. The van der Waals surface area contributed by atoms with Gasteiger partial charge in [0, 0.05) is 25.1 Å². The smallest absolute Gasteiger partial charge is 0.303 e. The number of carbonyl (C=O) groups excluding carboxylic acids is 1. The lowest BCUT2D eigenvalue weighted by Gasteiger charge is -2.39. The van der Waals surface area contributed by atoms with Crippen LogP contribution in [0.3, 0.4) is 0 Å². The highest BCUT2D eigenvalue weighted by molar-refractivity contribution is 5.94. The summed E-state index contributed by atoms with van der Waals surface area (Å²) in [5.41, 5.74) is 0.710. The van der Waals surface area contributed by atoms with Gasteiger partial charge >= 0.3 is 5.97 Å². The zero-order valence-corrected chi connectivity index (χ0v) is 15.4. The van der Waals surface area contributed by atoms with E-state index < -0.39 is 5.97 Å². The van der Waals surface area contributed by atoms with Gasteiger partial charge in [0.05, 0.1) is 0 Å². The van der Waals surface area contributed by atoms with Crippen molar-refractivity contribution in [1.29, 1.82) is 0 Å². The summed E-state index contributed by atoms with van der Waals surface area (Å²) in [5.74, 6) is -0.270. The van der Waals surface area contributed by atoms with E-state index in [2.05, 4.69) is 18.7 Å². The summed E-state index contributed by atoms with van der Waals surface area (Å²) in [4.78, 5) is 28.2. The van der Waals surface area contributed by atoms with Crippen LogP contribution >= 0.6 is 0 Å². The monoisotopic (exact) mass is 346 g/mol. The van der Waals surface area contributed by atoms with Crippen molar-refractivity contribution in [1.82, 2.24) is 9.80 Å². The molecule has 1 amide bonds. The number of hydrogen-bond donors (Lipinski definition) is 1. The fraction of sp³-hybridized carbons (Fsp3) is 0.600. The molecule has 1 N–H and O–H groups in total. The number of amides is 1. The molecule has 1 aliphatic heterocycles. The van der Waals surface area contributed by atoms with Crippen molar-refractivity contribution in [2.75, 3.05) is 32.7 Å². The Bertz CT molecular complexity index is 557. The summed E-state index contributed by atoms with van der Waals surface area (Å²) in [5, 5.41) is 9.22. The SMILES string of the molecule is CCN(CC)CCC1CN(C(=O)c2ccccc2)CCC1CC(=O)O. The summed E-state index contributed by atoms with van der Waals surface area (Å²) in [6.07, 6.45) is 1.92. The van der Waals surface area contributed by atoms with Gasteiger partial charge in [0.2, 0.25) is 0 Å². The largest absolute Gasteiger partial charge is 0.481 e. The summed E-state index contributed by atoms with van der Waals surface area (Å²) in [6, 6.07) is 9.35. The van der Waals surface area contributed by atoms with E-state index >= 15 is 0 Å². The number of piperidine rings is 1. The predicted octanol–water partition coefficient (Wildman–Crippen LogP) is 2.97. The van der Waals surface area contributed by atoms with Crippen LogP contribution in [0.15, 0.2) is 30.3 Å². The molecule has 1 aromatic rings. The Balaban J connectivity index is 2.04. The van der Waals surface area contributed by atoms with Crippen LogP contribution in [0.2, 0.25) is 0 Å². The topological polar surface area (TPSA) is 60.9 Å². The van der Waals surface area contributed by atoms with Crippen LogP contribution in [0.4, 0.5) is 0 Å². The Morgan fingerprint density at radius 1 is 1.16 bits per heavy atom. The van der Waals surface area contributed by atoms with E-state index in [4.69, 9.17) is 0 Å². The first-order valence-electron chi connectivity index (χ1n) is 9.33. The molecule has 1 fully saturated rings. The average Bonchev–Trinajstić information content (AvgIpc) is 2.63. The molecule has 0 aliphatic carbocycles. The summed E-state index contributed by atoms with van der Waals surface area (Å²) in [6.45, 7) is 8.55. The summed E-state index contributed by atoms with van der Waals surface area (Å²) in [7, 11) is 0. The Labute approximate surface area is 150 Å². The second-order valence-electron chi connectivity index (χ2n) is 6.84. The minimum absolute atomic E-state index is 0.0576. The Morgan fingerprint density at radius 3 is 2.44 bits per heavy atom. The highest BCUT2D eigenvalue weighted by atomic mass is 16.4. The molecule has 1 heterocycles. The number of likely N-dealkylation sites (tertiary alicyclic amines) is 1. The Hall–Kier alpha value is -1.88. The van der Waals surface area contributed by atoms with Gasteiger partial charge in [-0.05, 0) is 56.4 Å². The van der Waals surface area contributed by atoms with E-state index in [0.717, 1.165) is 32.5 Å². The highest BCUT2D eigenvalue weighted by Crippen LogP contribution is 2.30. The molecule has 0 radical (unpaired) electrons. The molecule has 5 heteroatoms. The maximum atomic E-state index is 12.7. The Kier molecular flexibility index (Phi) is 7.44. The molecule has 5 nitrogen and oxygen atoms in total. The second kappa shape index (κ2) is 9.56. The zero-order chi connectivity index (χ0) is 18.2. The van der Waals surface area contributed by atoms with Crippen molar-refractivity contribution >= 4 is 11.9 Å². The molecule has 25 heavy (non-hydrogen) atoms. The number of carboxylic acids is 1. The summed E-state index contributed by atoms with van der Waals surface area (Å²) >= 11 is 0. The van der Waals surface area contributed by atoms with Gasteiger partial charge in [-0.3, -0.25) is 9.59 Å². The Morgan fingerprint density at radius 2 is 1.84 bits per heavy atom. The molecule has 1 saturated heterocycles. The predicted molar refractivity (Wildman–Crippen MR) is 98.6 cm³/mol. The van der Waals surface area contributed by atoms with Gasteiger partial charge in [-0.15, -0.1) is 0 Å². The number of carbonyl (C=O) groups is 2. The fourth-order valence-corrected chi connectivity index (χ4v) is 3.74. The van der Waals surface area contributed by atoms with E-state index in [1.165, 1.54) is 0 Å². The maximum absolute atomic E-state index is 12.7. The number of aliphatic carboxylic acids is 1. The number of rotatable bonds is 8. The van der Waals surface area contributed by atoms with Crippen LogP contribution in [0.25, 0.3) is 0 Å². The standard InChI is InChI=1S/C20H30N2O3/c1-3-21(4-2)12-10-18-15-22(13-11-17(18)14-19(23)24)20(25)16-8-6-5-7-9-16/h5-9,17-18H,3-4,10-15H2,1-2H3,(H,23,24). The first-order chi connectivity index (χ1) is 12.0. The van der Waals surface area contributed by atoms with E-state index in [9.17, 15) is 14.7 Å². The third-order valence-corrected chi connectivity index (χ3v) is 5.35. The van der Waals surface area contributed by atoms with Gasteiger partial charge in [0.15, 0.2) is 0 Å². The molecule has 138 valence electrons. The second-order valence-corrected chi connectivity index (χ2v) is 6.84. The average molecular weight is 346 g/mol. The van der Waals surface area contributed by atoms with E-state index in [0.29, 0.717) is 18.7 Å². The van der Waals surface area contributed by atoms with Crippen LogP contribution in [-0.2, 0) is 4.79 Å². The van der Waals surface area contributed by atoms with Gasteiger partial charge in [-0.2, -0.15) is 0 Å². The molecular formula is C20H30N2O3. The molecule has 0 spiro atoms. The molecular weight excluding hydrogens is 316 g/mol. The minimum atomic E-state index is -0.735. The lowest BCUT2D eigenvalue weighted by molar-refractivity contribution is -0.139. The lowest BCUT2D eigenvalue weighted by Crippen LogP contribution is -2.45. The molecule has 0 bridgehead atoms. The first-order valence-corrected chi connectivity index (χ1v) is 9.33. The van der Waals surface area contributed by atoms with Crippen molar-refractivity contribution in [2.45, 2.75) is 33.1 Å². The van der Waals surface area contributed by atoms with Crippen LogP contribution in [0, 0.1) is 11.8 Å². The number of benzene rings is 1. The number of carboxylic acid groups (broad SMARTS) is 1. The van der Waals surface area contributed by atoms with Gasteiger partial charge in [0.1, 0.15) is 0 Å². The zero-order valence-electron chi connectivity index (χ0n) is 15.4. The van der Waals surface area contributed by atoms with Gasteiger partial charge in [-0.25, -0.2) is 0 Å². The van der Waals surface area contributed by atoms with Crippen LogP contribution in [0.1, 0.15) is 43.5 Å². The number of nitrogens with zero attached hydrogens (tertiary/aromatic N) is 2. The summed E-state index contributed by atoms with van der Waals surface area (Å²) < 4.78 is 0. The normalized spacial score (nSPS) is 20.7. The minimum Gasteiger partial charge on any atom is -0.481 e. The van der Waals surface area contributed by atoms with Crippen LogP contribution in [-0.4, -0.2) is 59.5 Å². The van der Waals surface area contributed by atoms with E-state index in [1.54, 1.807) is 0 Å². The molecule has 0 saturated carbocycles. The quantitative estimate of drug-likeness (QED) is 0.786. The van der Waals surface area contributed by atoms with Crippen molar-refractivity contribution < 1.29 is 14.7 Å². The third-order valence-electron chi connectivity index (χ3n) is 5.35. The van der Waals surface area contributed by atoms with E-state index in [-0.39, 0.29) is 24.2 Å². The van der Waals surface area contributed by atoms with Crippen molar-refractivity contribution in [3.63, 3.8) is 0 Å². The lowest BCUT2D eigenvalue weighted by atomic mass is 9.81. The van der Waals surface area contributed by atoms with Gasteiger partial charge in [0.25, 0.3) is 5.91 Å². The van der Waals surface area contributed by atoms with Crippen LogP contribution < -0.4 is 0 Å². The van der Waals surface area contributed by atoms with E-state index in [1.807, 2.05) is 35.2 Å². The molecule has 0 aromatic heterocycles. The fourth-order valence-electron chi connectivity index (χ4n) is 3.74. The van der Waals surface area contributed by atoms with Crippen LogP contribution in [0.5, 0.6) is 0 Å². The first kappa shape index (κ1) is 19.4. The molecule has 1 aliphatic rings. The van der Waals surface area contributed by atoms with Crippen molar-refractivity contribution in [3.05, 3.63) is 35.9 Å². The molecule has 2 unspecified atom stereocenters. The molecule has 2 atom stereocenters.